The second kappa shape index (κ2) is 6.59. The second-order valence-electron chi connectivity index (χ2n) is 1.83. The van der Waals surface area contributed by atoms with Gasteiger partial charge in [-0.15, -0.1) is 11.8 Å². The molecule has 1 atom stereocenters. The van der Waals surface area contributed by atoms with Crippen molar-refractivity contribution in [2.45, 2.75) is 5.56 Å². The number of rotatable bonds is 1. The summed E-state index contributed by atoms with van der Waals surface area (Å²) in [7, 11) is 0. The van der Waals surface area contributed by atoms with E-state index >= 15 is 0 Å². The minimum atomic E-state index is -0.566. The standard InChI is InChI=1S/C4H8N2O2S3.Bi.3H/c7-4(6(9)10)8-3-5-1-2-11-3;;;;/h3,5,9-10H,1-2H2;;;;. The van der Waals surface area contributed by atoms with E-state index in [1.807, 2.05) is 0 Å². The fraction of sp³-hybridized carbons (Fsp3) is 0.750. The van der Waals surface area contributed by atoms with Gasteiger partial charge in [0.25, 0.3) is 0 Å². The third kappa shape index (κ3) is 4.41. The van der Waals surface area contributed by atoms with E-state index in [1.54, 1.807) is 0 Å². The zero-order valence-electron chi connectivity index (χ0n) is 6.27. The van der Waals surface area contributed by atoms with Crippen LogP contribution in [0.2, 0.25) is 0 Å². The van der Waals surface area contributed by atoms with Crippen molar-refractivity contribution < 1.29 is 9.53 Å². The van der Waals surface area contributed by atoms with E-state index in [0.29, 0.717) is 0 Å². The molecule has 0 saturated carbocycles. The minimum absolute atomic E-state index is 0. The molecule has 1 heterocycles. The Hall–Kier alpha value is 1.16. The third-order valence-corrected chi connectivity index (χ3v) is 2.39. The van der Waals surface area contributed by atoms with Gasteiger partial charge in [0.15, 0.2) is 0 Å². The van der Waals surface area contributed by atoms with Gasteiger partial charge in [-0.1, -0.05) is 0 Å². The van der Waals surface area contributed by atoms with Crippen molar-refractivity contribution in [3.8, 4) is 0 Å². The van der Waals surface area contributed by atoms with Crippen LogP contribution in [0, 0.1) is 0 Å². The van der Waals surface area contributed by atoms with Gasteiger partial charge in [0.1, 0.15) is 0 Å². The van der Waals surface area contributed by atoms with Crippen molar-refractivity contribution in [2.75, 3.05) is 12.3 Å². The van der Waals surface area contributed by atoms with Crippen molar-refractivity contribution in [1.82, 2.24) is 9.03 Å². The quantitative estimate of drug-likeness (QED) is 0.394. The van der Waals surface area contributed by atoms with Crippen molar-refractivity contribution in [2.24, 2.45) is 0 Å². The Morgan fingerprint density at radius 1 is 1.67 bits per heavy atom. The molecule has 72 valence electrons. The van der Waals surface area contributed by atoms with E-state index in [4.69, 9.17) is 4.74 Å². The summed E-state index contributed by atoms with van der Waals surface area (Å²) in [4.78, 5) is 10.8. The molecule has 0 spiro atoms. The monoisotopic (exact) mass is 424 g/mol. The maximum absolute atomic E-state index is 10.8. The number of thioether (sulfide) groups is 1. The molecule has 0 radical (unpaired) electrons. The molecule has 0 aromatic carbocycles. The molecule has 0 bridgehead atoms. The van der Waals surface area contributed by atoms with Gasteiger partial charge in [-0.25, -0.2) is 4.79 Å². The van der Waals surface area contributed by atoms with Crippen molar-refractivity contribution in [1.29, 1.82) is 0 Å². The van der Waals surface area contributed by atoms with Crippen molar-refractivity contribution >= 4 is 69.7 Å². The number of carbonyl (C=O) groups is 1. The Kier molecular flexibility index (Phi) is 7.23. The molecule has 1 amide bonds. The second-order valence-corrected chi connectivity index (χ2v) is 4.12. The number of thiol groups is 2. The molecule has 1 fully saturated rings. The van der Waals surface area contributed by atoms with E-state index in [1.165, 1.54) is 11.8 Å². The molecule has 1 rings (SSSR count). The summed E-state index contributed by atoms with van der Waals surface area (Å²) < 4.78 is 5.66. The van der Waals surface area contributed by atoms with E-state index < -0.39 is 6.09 Å². The summed E-state index contributed by atoms with van der Waals surface area (Å²) in [6.07, 6.45) is -0.566. The van der Waals surface area contributed by atoms with Gasteiger partial charge in [0.05, 0.1) is 0 Å². The molecule has 8 heteroatoms. The zero-order chi connectivity index (χ0) is 8.27. The van der Waals surface area contributed by atoms with Gasteiger partial charge in [0.2, 0.25) is 5.56 Å². The van der Waals surface area contributed by atoms with Crippen LogP contribution in [-0.4, -0.2) is 53.9 Å². The number of nitrogens with zero attached hydrogens (tertiary/aromatic N) is 1. The molecule has 0 aromatic rings. The number of hydrogen-bond acceptors (Lipinski definition) is 6. The summed E-state index contributed by atoms with van der Waals surface area (Å²) in [6, 6.07) is 0. The van der Waals surface area contributed by atoms with Crippen molar-refractivity contribution in [3.63, 3.8) is 0 Å². The molecule has 0 aromatic heterocycles. The van der Waals surface area contributed by atoms with Crippen molar-refractivity contribution in [3.05, 3.63) is 0 Å². The number of amides is 1. The molecule has 1 unspecified atom stereocenters. The number of ether oxygens (including phenoxy) is 1. The van der Waals surface area contributed by atoms with Gasteiger partial charge in [0, 0.05) is 12.3 Å². The fourth-order valence-electron chi connectivity index (χ4n) is 0.616. The van der Waals surface area contributed by atoms with Gasteiger partial charge in [-0.2, -0.15) is 3.71 Å². The van der Waals surface area contributed by atoms with E-state index in [0.717, 1.165) is 16.0 Å². The first-order chi connectivity index (χ1) is 5.20. The van der Waals surface area contributed by atoms with Crippen LogP contribution in [0.4, 0.5) is 4.79 Å². The van der Waals surface area contributed by atoms with Gasteiger partial charge >= 0.3 is 32.3 Å². The van der Waals surface area contributed by atoms with Crippen LogP contribution in [0.25, 0.3) is 0 Å². The van der Waals surface area contributed by atoms with Crippen LogP contribution < -0.4 is 5.32 Å². The summed E-state index contributed by atoms with van der Waals surface area (Å²) in [5.74, 6) is 0.955. The average molecular weight is 424 g/mol. The van der Waals surface area contributed by atoms with Crippen LogP contribution >= 0.6 is 37.4 Å². The topological polar surface area (TPSA) is 41.6 Å². The average Bonchev–Trinajstić information content (AvgIpc) is 2.39. The Balaban J connectivity index is 0.00000121. The predicted octanol–water partition coefficient (Wildman–Crippen LogP) is -0.449. The zero-order valence-corrected chi connectivity index (χ0v) is 14.4. The summed E-state index contributed by atoms with van der Waals surface area (Å²) >= 11 is 8.84. The number of carbonyl (C=O) groups excluding carboxylic acids is 1. The van der Waals surface area contributed by atoms with E-state index in [2.05, 4.69) is 30.9 Å². The molecule has 1 N–H and O–H groups in total. The normalized spacial score (nSPS) is 21.3. The Morgan fingerprint density at radius 2 is 2.33 bits per heavy atom. The van der Waals surface area contributed by atoms with Crippen LogP contribution in [-0.2, 0) is 4.74 Å². The molecule has 4 nitrogen and oxygen atoms in total. The SMILES string of the molecule is O=C(OC1NCCS1)N(S)S.[BiH3]. The van der Waals surface area contributed by atoms with Crippen LogP contribution in [0.1, 0.15) is 0 Å². The summed E-state index contributed by atoms with van der Waals surface area (Å²) in [5, 5.41) is 2.97. The molecular weight excluding hydrogens is 413 g/mol. The Bertz CT molecular complexity index is 153. The first kappa shape index (κ1) is 13.2. The predicted molar refractivity (Wildman–Crippen MR) is 60.5 cm³/mol. The van der Waals surface area contributed by atoms with Gasteiger partial charge < -0.3 is 4.74 Å². The van der Waals surface area contributed by atoms with Gasteiger partial charge in [-0.05, 0) is 25.6 Å². The van der Waals surface area contributed by atoms with Crippen LogP contribution in [0.15, 0.2) is 0 Å². The first-order valence-electron chi connectivity index (χ1n) is 2.93. The molecule has 1 aliphatic heterocycles. The van der Waals surface area contributed by atoms with E-state index in [9.17, 15) is 4.79 Å². The molecule has 0 aliphatic carbocycles. The van der Waals surface area contributed by atoms with Gasteiger partial charge in [-0.3, -0.25) is 5.32 Å². The summed E-state index contributed by atoms with van der Waals surface area (Å²) in [6.45, 7) is 0.863. The maximum atomic E-state index is 10.8. The van der Waals surface area contributed by atoms with Crippen LogP contribution in [0.5, 0.6) is 0 Å². The Labute approximate surface area is 105 Å². The number of hydrogen-bond donors (Lipinski definition) is 3. The Morgan fingerprint density at radius 3 is 2.75 bits per heavy atom. The summed E-state index contributed by atoms with van der Waals surface area (Å²) in [5.41, 5.74) is -0.246. The number of nitrogens with one attached hydrogen (secondary N) is 1. The molecule has 12 heavy (non-hydrogen) atoms. The third-order valence-electron chi connectivity index (χ3n) is 1.05. The van der Waals surface area contributed by atoms with Crippen LogP contribution in [0.3, 0.4) is 0 Å². The fourth-order valence-corrected chi connectivity index (χ4v) is 1.55. The van der Waals surface area contributed by atoms with E-state index in [-0.39, 0.29) is 31.8 Å². The first-order valence-corrected chi connectivity index (χ1v) is 4.78. The molecular formula is C4H11BiN2O2S3. The molecule has 1 saturated heterocycles. The molecule has 1 aliphatic rings.